The van der Waals surface area contributed by atoms with E-state index in [1.165, 1.54) is 11.9 Å². The van der Waals surface area contributed by atoms with Crippen LogP contribution in [-0.2, 0) is 4.79 Å². The molecule has 0 radical (unpaired) electrons. The molecule has 0 saturated carbocycles. The lowest BCUT2D eigenvalue weighted by atomic mass is 10.1. The van der Waals surface area contributed by atoms with Crippen LogP contribution in [0.2, 0.25) is 0 Å². The maximum atomic E-state index is 11.9. The van der Waals surface area contributed by atoms with Gasteiger partial charge in [0.15, 0.2) is 17.0 Å². The SMILES string of the molecule is CN1C(=O)[C@@H]2[C@H](N=C(Br)N2C)N(C)C1=O. The quantitative estimate of drug-likeness (QED) is 0.580. The highest BCUT2D eigenvalue weighted by molar-refractivity contribution is 9.18. The van der Waals surface area contributed by atoms with E-state index in [0.717, 1.165) is 4.90 Å². The zero-order chi connectivity index (χ0) is 11.3. The Morgan fingerprint density at radius 1 is 1.20 bits per heavy atom. The minimum absolute atomic E-state index is 0.219. The molecule has 7 heteroatoms. The third-order valence-electron chi connectivity index (χ3n) is 2.80. The molecule has 0 bridgehead atoms. The first-order valence-electron chi connectivity index (χ1n) is 4.45. The molecule has 0 unspecified atom stereocenters. The van der Waals surface area contributed by atoms with Gasteiger partial charge in [-0.25, -0.2) is 9.79 Å². The summed E-state index contributed by atoms with van der Waals surface area (Å²) in [5.41, 5.74) is 0. The Hall–Kier alpha value is -1.11. The molecule has 0 spiro atoms. The van der Waals surface area contributed by atoms with E-state index in [-0.39, 0.29) is 11.9 Å². The van der Waals surface area contributed by atoms with Crippen molar-refractivity contribution in [3.05, 3.63) is 0 Å². The van der Waals surface area contributed by atoms with Gasteiger partial charge in [-0.2, -0.15) is 0 Å². The van der Waals surface area contributed by atoms with Gasteiger partial charge in [0.25, 0.3) is 5.91 Å². The third-order valence-corrected chi connectivity index (χ3v) is 3.56. The number of nitrogens with zero attached hydrogens (tertiary/aromatic N) is 4. The Morgan fingerprint density at radius 2 is 1.80 bits per heavy atom. The number of likely N-dealkylation sites (N-methyl/N-ethyl adjacent to an activating group) is 3. The number of hydrogen-bond donors (Lipinski definition) is 0. The second-order valence-corrected chi connectivity index (χ2v) is 4.37. The molecule has 3 amide bonds. The van der Waals surface area contributed by atoms with E-state index in [2.05, 4.69) is 20.9 Å². The summed E-state index contributed by atoms with van der Waals surface area (Å²) in [6.45, 7) is 0. The van der Waals surface area contributed by atoms with Crippen molar-refractivity contribution in [1.29, 1.82) is 0 Å². The summed E-state index contributed by atoms with van der Waals surface area (Å²) in [5.74, 6) is -0.219. The van der Waals surface area contributed by atoms with Crippen molar-refractivity contribution in [1.82, 2.24) is 14.7 Å². The smallest absolute Gasteiger partial charge is 0.328 e. The van der Waals surface area contributed by atoms with Gasteiger partial charge in [0.2, 0.25) is 0 Å². The fourth-order valence-electron chi connectivity index (χ4n) is 1.82. The molecule has 2 atom stereocenters. The molecule has 2 heterocycles. The maximum Gasteiger partial charge on any atom is 0.328 e. The van der Waals surface area contributed by atoms with Gasteiger partial charge in [-0.15, -0.1) is 0 Å². The van der Waals surface area contributed by atoms with E-state index >= 15 is 0 Å². The van der Waals surface area contributed by atoms with Crippen molar-refractivity contribution in [2.24, 2.45) is 4.99 Å². The van der Waals surface area contributed by atoms with Crippen molar-refractivity contribution in [2.75, 3.05) is 21.1 Å². The molecule has 15 heavy (non-hydrogen) atoms. The molecule has 1 fully saturated rings. The van der Waals surface area contributed by atoms with Gasteiger partial charge in [0, 0.05) is 21.1 Å². The Kier molecular flexibility index (Phi) is 2.22. The van der Waals surface area contributed by atoms with Crippen LogP contribution < -0.4 is 0 Å². The molecular weight excluding hydrogens is 264 g/mol. The third kappa shape index (κ3) is 1.26. The van der Waals surface area contributed by atoms with Crippen molar-refractivity contribution in [3.8, 4) is 0 Å². The van der Waals surface area contributed by atoms with Gasteiger partial charge in [-0.05, 0) is 15.9 Å². The number of aliphatic imine (C=N–C) groups is 1. The number of amides is 3. The van der Waals surface area contributed by atoms with Gasteiger partial charge < -0.3 is 9.80 Å². The molecule has 2 aliphatic rings. The molecule has 2 aliphatic heterocycles. The molecular formula is C8H11BrN4O2. The lowest BCUT2D eigenvalue weighted by Gasteiger charge is -2.38. The molecule has 0 aromatic rings. The Balaban J connectivity index is 2.39. The predicted octanol–water partition coefficient (Wildman–Crippen LogP) is -0.0988. The number of hydrogen-bond acceptors (Lipinski definition) is 4. The summed E-state index contributed by atoms with van der Waals surface area (Å²) in [6.07, 6.45) is -0.416. The molecule has 0 N–H and O–H groups in total. The van der Waals surface area contributed by atoms with Crippen molar-refractivity contribution in [2.45, 2.75) is 12.2 Å². The first-order chi connectivity index (χ1) is 6.95. The van der Waals surface area contributed by atoms with E-state index in [1.54, 1.807) is 19.0 Å². The molecule has 2 rings (SSSR count). The lowest BCUT2D eigenvalue weighted by molar-refractivity contribution is -0.135. The van der Waals surface area contributed by atoms with Gasteiger partial charge >= 0.3 is 6.03 Å². The number of rotatable bonds is 0. The van der Waals surface area contributed by atoms with Crippen LogP contribution in [-0.4, -0.2) is 64.7 Å². The van der Waals surface area contributed by atoms with Crippen LogP contribution >= 0.6 is 15.9 Å². The highest BCUT2D eigenvalue weighted by atomic mass is 79.9. The Bertz CT molecular complexity index is 370. The largest absolute Gasteiger partial charge is 0.338 e. The second kappa shape index (κ2) is 3.19. The van der Waals surface area contributed by atoms with Gasteiger partial charge in [0.1, 0.15) is 0 Å². The summed E-state index contributed by atoms with van der Waals surface area (Å²) in [7, 11) is 4.90. The van der Waals surface area contributed by atoms with Crippen LogP contribution in [0, 0.1) is 0 Å². The normalized spacial score (nSPS) is 30.9. The van der Waals surface area contributed by atoms with E-state index in [4.69, 9.17) is 0 Å². The summed E-state index contributed by atoms with van der Waals surface area (Å²) in [6, 6.07) is -0.729. The standard InChI is InChI=1S/C8H11BrN4O2/c1-11-4-5(10-7(11)9)12(2)8(15)13(3)6(4)14/h4-5H,1-3H3/t4-,5+/m0/s1. The van der Waals surface area contributed by atoms with E-state index in [1.807, 2.05) is 0 Å². The predicted molar refractivity (Wildman–Crippen MR) is 57.6 cm³/mol. The zero-order valence-electron chi connectivity index (χ0n) is 8.64. The Labute approximate surface area is 95.6 Å². The topological polar surface area (TPSA) is 56.2 Å². The monoisotopic (exact) mass is 274 g/mol. The fraction of sp³-hybridized carbons (Fsp3) is 0.625. The van der Waals surface area contributed by atoms with Crippen LogP contribution in [0.15, 0.2) is 4.99 Å². The highest BCUT2D eigenvalue weighted by Gasteiger charge is 2.49. The number of imide groups is 1. The zero-order valence-corrected chi connectivity index (χ0v) is 10.2. The van der Waals surface area contributed by atoms with Crippen molar-refractivity contribution >= 4 is 32.6 Å². The molecule has 0 aromatic carbocycles. The van der Waals surface area contributed by atoms with Crippen molar-refractivity contribution < 1.29 is 9.59 Å². The van der Waals surface area contributed by atoms with Crippen LogP contribution in [0.4, 0.5) is 4.79 Å². The minimum Gasteiger partial charge on any atom is -0.338 e. The molecule has 1 saturated heterocycles. The maximum absolute atomic E-state index is 11.9. The van der Waals surface area contributed by atoms with E-state index in [9.17, 15) is 9.59 Å². The summed E-state index contributed by atoms with van der Waals surface area (Å²) in [5, 5.41) is 0. The van der Waals surface area contributed by atoms with Crippen LogP contribution in [0.5, 0.6) is 0 Å². The lowest BCUT2D eigenvalue weighted by Crippen LogP contribution is -2.63. The van der Waals surface area contributed by atoms with Gasteiger partial charge in [-0.1, -0.05) is 0 Å². The number of carbonyl (C=O) groups excluding carboxylic acids is 2. The first kappa shape index (κ1) is 10.4. The number of urea groups is 1. The van der Waals surface area contributed by atoms with Crippen molar-refractivity contribution in [3.63, 3.8) is 0 Å². The summed E-state index contributed by atoms with van der Waals surface area (Å²) in [4.78, 5) is 32.0. The molecule has 6 nitrogen and oxygen atoms in total. The number of halogens is 1. The van der Waals surface area contributed by atoms with Crippen LogP contribution in [0.25, 0.3) is 0 Å². The number of fused-ring (bicyclic) bond motifs is 1. The number of carbonyl (C=O) groups is 2. The summed E-state index contributed by atoms with van der Waals surface area (Å²) < 4.78 is 0.598. The van der Waals surface area contributed by atoms with Crippen LogP contribution in [0.3, 0.4) is 0 Å². The fourth-order valence-corrected chi connectivity index (χ4v) is 2.25. The summed E-state index contributed by atoms with van der Waals surface area (Å²) >= 11 is 3.26. The van der Waals surface area contributed by atoms with E-state index in [0.29, 0.717) is 4.74 Å². The average molecular weight is 275 g/mol. The average Bonchev–Trinajstić information content (AvgIpc) is 2.50. The van der Waals surface area contributed by atoms with Gasteiger partial charge in [-0.3, -0.25) is 9.69 Å². The van der Waals surface area contributed by atoms with E-state index < -0.39 is 12.2 Å². The van der Waals surface area contributed by atoms with Crippen LogP contribution in [0.1, 0.15) is 0 Å². The minimum atomic E-state index is -0.416. The Morgan fingerprint density at radius 3 is 2.40 bits per heavy atom. The van der Waals surface area contributed by atoms with Gasteiger partial charge in [0.05, 0.1) is 0 Å². The first-order valence-corrected chi connectivity index (χ1v) is 5.25. The highest BCUT2D eigenvalue weighted by Crippen LogP contribution is 2.27. The second-order valence-electron chi connectivity index (χ2n) is 3.66. The molecule has 82 valence electrons. The molecule has 0 aromatic heterocycles. The molecule has 0 aliphatic carbocycles. The number of amidine groups is 1.